The van der Waals surface area contributed by atoms with Crippen LogP contribution < -0.4 is 4.90 Å². The highest BCUT2D eigenvalue weighted by molar-refractivity contribution is 5.95. The number of anilines is 1. The van der Waals surface area contributed by atoms with Crippen molar-refractivity contribution in [1.29, 1.82) is 0 Å². The van der Waals surface area contributed by atoms with Gasteiger partial charge < -0.3 is 10.0 Å². The number of carbonyl (C=O) groups excluding carboxylic acids is 1. The summed E-state index contributed by atoms with van der Waals surface area (Å²) in [5, 5.41) is 8.94. The molecule has 1 N–H and O–H groups in total. The van der Waals surface area contributed by atoms with Crippen LogP contribution >= 0.6 is 0 Å². The van der Waals surface area contributed by atoms with Crippen LogP contribution in [-0.2, 0) is 11.2 Å². The van der Waals surface area contributed by atoms with Crippen molar-refractivity contribution in [2.45, 2.75) is 26.3 Å². The molecule has 0 aromatic heterocycles. The van der Waals surface area contributed by atoms with E-state index in [9.17, 15) is 9.59 Å². The molecule has 0 saturated heterocycles. The SMILES string of the molecule is CC(CN(C)C(=O)N1c2ccccc2CC1C)C(=O)O. The van der Waals surface area contributed by atoms with Crippen LogP contribution in [-0.4, -0.2) is 41.6 Å². The number of aliphatic carboxylic acids is 1. The van der Waals surface area contributed by atoms with Gasteiger partial charge in [-0.3, -0.25) is 9.69 Å². The van der Waals surface area contributed by atoms with E-state index in [-0.39, 0.29) is 18.6 Å². The average Bonchev–Trinajstić information content (AvgIpc) is 2.73. The van der Waals surface area contributed by atoms with Crippen LogP contribution in [0.3, 0.4) is 0 Å². The third-order valence-corrected chi connectivity index (χ3v) is 3.71. The maximum atomic E-state index is 12.5. The number of hydrogen-bond acceptors (Lipinski definition) is 2. The fourth-order valence-electron chi connectivity index (χ4n) is 2.61. The number of urea groups is 1. The second kappa shape index (κ2) is 5.53. The number of amides is 2. The lowest BCUT2D eigenvalue weighted by molar-refractivity contribution is -0.141. The first-order valence-electron chi connectivity index (χ1n) is 6.77. The minimum Gasteiger partial charge on any atom is -0.481 e. The maximum Gasteiger partial charge on any atom is 0.324 e. The molecule has 1 aliphatic rings. The molecule has 0 fully saturated rings. The van der Waals surface area contributed by atoms with Crippen molar-refractivity contribution < 1.29 is 14.7 Å². The molecule has 2 rings (SSSR count). The fraction of sp³-hybridized carbons (Fsp3) is 0.467. The monoisotopic (exact) mass is 276 g/mol. The van der Waals surface area contributed by atoms with Crippen molar-refractivity contribution in [3.05, 3.63) is 29.8 Å². The van der Waals surface area contributed by atoms with Gasteiger partial charge in [0.05, 0.1) is 5.92 Å². The number of fused-ring (bicyclic) bond motifs is 1. The average molecular weight is 276 g/mol. The zero-order valence-electron chi connectivity index (χ0n) is 12.0. The summed E-state index contributed by atoms with van der Waals surface area (Å²) in [6.07, 6.45) is 0.838. The van der Waals surface area contributed by atoms with E-state index in [2.05, 4.69) is 0 Å². The third kappa shape index (κ3) is 2.61. The van der Waals surface area contributed by atoms with E-state index in [0.717, 1.165) is 17.7 Å². The highest BCUT2D eigenvalue weighted by atomic mass is 16.4. The van der Waals surface area contributed by atoms with Crippen molar-refractivity contribution >= 4 is 17.7 Å². The Morgan fingerprint density at radius 3 is 2.75 bits per heavy atom. The highest BCUT2D eigenvalue weighted by Crippen LogP contribution is 2.32. The maximum absolute atomic E-state index is 12.5. The number of hydrogen-bond donors (Lipinski definition) is 1. The van der Waals surface area contributed by atoms with Gasteiger partial charge in [0.15, 0.2) is 0 Å². The molecule has 0 radical (unpaired) electrons. The van der Waals surface area contributed by atoms with Gasteiger partial charge in [-0.05, 0) is 25.0 Å². The largest absolute Gasteiger partial charge is 0.481 e. The Labute approximate surface area is 118 Å². The molecule has 1 aliphatic heterocycles. The molecule has 108 valence electrons. The molecule has 20 heavy (non-hydrogen) atoms. The molecule has 1 aromatic rings. The number of nitrogens with zero attached hydrogens (tertiary/aromatic N) is 2. The molecule has 1 heterocycles. The number of benzene rings is 1. The first kappa shape index (κ1) is 14.4. The normalized spacial score (nSPS) is 18.6. The Morgan fingerprint density at radius 1 is 1.45 bits per heavy atom. The number of carbonyl (C=O) groups is 2. The van der Waals surface area contributed by atoms with Crippen molar-refractivity contribution in [3.63, 3.8) is 0 Å². The van der Waals surface area contributed by atoms with Crippen LogP contribution in [0.4, 0.5) is 10.5 Å². The first-order chi connectivity index (χ1) is 9.41. The number of rotatable bonds is 3. The molecule has 1 aromatic carbocycles. The second-order valence-electron chi connectivity index (χ2n) is 5.45. The topological polar surface area (TPSA) is 60.9 Å². The van der Waals surface area contributed by atoms with Gasteiger partial charge >= 0.3 is 12.0 Å². The molecule has 0 aliphatic carbocycles. The van der Waals surface area contributed by atoms with Crippen molar-refractivity contribution in [2.75, 3.05) is 18.5 Å². The number of carboxylic acids is 1. The summed E-state index contributed by atoms with van der Waals surface area (Å²) >= 11 is 0. The minimum atomic E-state index is -0.889. The van der Waals surface area contributed by atoms with Gasteiger partial charge in [-0.25, -0.2) is 4.79 Å². The van der Waals surface area contributed by atoms with E-state index in [1.165, 1.54) is 4.90 Å². The summed E-state index contributed by atoms with van der Waals surface area (Å²) in [4.78, 5) is 26.7. The van der Waals surface area contributed by atoms with Gasteiger partial charge in [-0.2, -0.15) is 0 Å². The zero-order chi connectivity index (χ0) is 14.9. The van der Waals surface area contributed by atoms with Crippen LogP contribution in [0.25, 0.3) is 0 Å². The lowest BCUT2D eigenvalue weighted by atomic mass is 10.1. The number of para-hydroxylation sites is 1. The first-order valence-corrected chi connectivity index (χ1v) is 6.77. The Balaban J connectivity index is 2.15. The van der Waals surface area contributed by atoms with Crippen LogP contribution in [0.2, 0.25) is 0 Å². The van der Waals surface area contributed by atoms with Gasteiger partial charge in [0.2, 0.25) is 0 Å². The van der Waals surface area contributed by atoms with Gasteiger partial charge in [-0.1, -0.05) is 25.1 Å². The second-order valence-corrected chi connectivity index (χ2v) is 5.45. The lowest BCUT2D eigenvalue weighted by Crippen LogP contribution is -2.46. The molecule has 0 spiro atoms. The Bertz CT molecular complexity index is 530. The summed E-state index contributed by atoms with van der Waals surface area (Å²) < 4.78 is 0. The Hall–Kier alpha value is -2.04. The summed E-state index contributed by atoms with van der Waals surface area (Å²) in [5.41, 5.74) is 2.09. The van der Waals surface area contributed by atoms with E-state index >= 15 is 0 Å². The zero-order valence-corrected chi connectivity index (χ0v) is 12.0. The molecular formula is C15H20N2O3. The molecule has 2 amide bonds. The van der Waals surface area contributed by atoms with Crippen molar-refractivity contribution in [2.24, 2.45) is 5.92 Å². The minimum absolute atomic E-state index is 0.0995. The van der Waals surface area contributed by atoms with E-state index < -0.39 is 11.9 Å². The lowest BCUT2D eigenvalue weighted by Gasteiger charge is -2.29. The highest BCUT2D eigenvalue weighted by Gasteiger charge is 2.33. The fourth-order valence-corrected chi connectivity index (χ4v) is 2.61. The van der Waals surface area contributed by atoms with Crippen LogP contribution in [0, 0.1) is 5.92 Å². The summed E-state index contributed by atoms with van der Waals surface area (Å²) in [7, 11) is 1.65. The molecule has 0 bridgehead atoms. The molecule has 2 atom stereocenters. The third-order valence-electron chi connectivity index (χ3n) is 3.71. The number of carboxylic acid groups (broad SMARTS) is 1. The van der Waals surface area contributed by atoms with Crippen molar-refractivity contribution in [1.82, 2.24) is 4.90 Å². The van der Waals surface area contributed by atoms with Crippen LogP contribution in [0.1, 0.15) is 19.4 Å². The molecule has 2 unspecified atom stereocenters. The van der Waals surface area contributed by atoms with Crippen LogP contribution in [0.5, 0.6) is 0 Å². The Kier molecular flexibility index (Phi) is 3.97. The molecule has 5 nitrogen and oxygen atoms in total. The summed E-state index contributed by atoms with van der Waals surface area (Å²) in [5.74, 6) is -1.46. The standard InChI is InChI=1S/C15H20N2O3/c1-10(14(18)19)9-16(3)15(20)17-11(2)8-12-6-4-5-7-13(12)17/h4-7,10-11H,8-9H2,1-3H3,(H,18,19). The van der Waals surface area contributed by atoms with E-state index in [4.69, 9.17) is 5.11 Å². The molecular weight excluding hydrogens is 256 g/mol. The smallest absolute Gasteiger partial charge is 0.324 e. The van der Waals surface area contributed by atoms with E-state index in [1.807, 2.05) is 31.2 Å². The van der Waals surface area contributed by atoms with E-state index in [1.54, 1.807) is 18.9 Å². The van der Waals surface area contributed by atoms with E-state index in [0.29, 0.717) is 0 Å². The quantitative estimate of drug-likeness (QED) is 0.920. The van der Waals surface area contributed by atoms with Gasteiger partial charge in [0.1, 0.15) is 0 Å². The Morgan fingerprint density at radius 2 is 2.10 bits per heavy atom. The summed E-state index contributed by atoms with van der Waals surface area (Å²) in [6, 6.07) is 7.80. The van der Waals surface area contributed by atoms with Crippen molar-refractivity contribution in [3.8, 4) is 0 Å². The van der Waals surface area contributed by atoms with Crippen LogP contribution in [0.15, 0.2) is 24.3 Å². The van der Waals surface area contributed by atoms with Gasteiger partial charge in [-0.15, -0.1) is 0 Å². The van der Waals surface area contributed by atoms with Gasteiger partial charge in [0, 0.05) is 25.3 Å². The summed E-state index contributed by atoms with van der Waals surface area (Å²) in [6.45, 7) is 3.82. The predicted molar refractivity (Wildman–Crippen MR) is 76.9 cm³/mol. The predicted octanol–water partition coefficient (Wildman–Crippen LogP) is 2.21. The molecule has 0 saturated carbocycles. The van der Waals surface area contributed by atoms with Gasteiger partial charge in [0.25, 0.3) is 0 Å². The molecule has 5 heteroatoms.